The molecule has 0 aliphatic heterocycles. The van der Waals surface area contributed by atoms with Crippen molar-refractivity contribution in [1.82, 2.24) is 0 Å². The highest BCUT2D eigenvalue weighted by molar-refractivity contribution is 5.61. The first-order valence-electron chi connectivity index (χ1n) is 17.4. The van der Waals surface area contributed by atoms with E-state index in [1.54, 1.807) is 0 Å². The molecule has 0 aliphatic carbocycles. The molecule has 0 saturated carbocycles. The average molecular weight is 584 g/mol. The van der Waals surface area contributed by atoms with E-state index in [-0.39, 0.29) is 5.92 Å². The molecule has 3 nitrogen and oxygen atoms in total. The molecule has 0 radical (unpaired) electrons. The Morgan fingerprint density at radius 3 is 0.814 bits per heavy atom. The highest BCUT2D eigenvalue weighted by Crippen LogP contribution is 2.40. The molecule has 0 spiro atoms. The third kappa shape index (κ3) is 8.80. The maximum Gasteiger partial charge on any atom is 0.0369 e. The van der Waals surface area contributed by atoms with Gasteiger partial charge in [-0.3, -0.25) is 0 Å². The molecule has 0 bridgehead atoms. The molecule has 3 rings (SSSR count). The molecule has 0 aliphatic rings. The third-order valence-electron chi connectivity index (χ3n) is 8.75. The molecule has 3 aromatic rings. The zero-order chi connectivity index (χ0) is 31.4. The fraction of sp³-hybridized carbons (Fsp3) is 0.550. The number of rotatable bonds is 18. The zero-order valence-corrected chi connectivity index (χ0v) is 29.1. The summed E-state index contributed by atoms with van der Waals surface area (Å²) >= 11 is 0. The molecule has 43 heavy (non-hydrogen) atoms. The normalized spacial score (nSPS) is 11.3. The van der Waals surface area contributed by atoms with Gasteiger partial charge in [-0.1, -0.05) is 59.7 Å². The van der Waals surface area contributed by atoms with Gasteiger partial charge in [-0.15, -0.1) is 0 Å². The second-order valence-corrected chi connectivity index (χ2v) is 12.5. The molecule has 236 valence electrons. The highest BCUT2D eigenvalue weighted by atomic mass is 15.1. The van der Waals surface area contributed by atoms with Crippen LogP contribution in [0.2, 0.25) is 0 Å². The van der Waals surface area contributed by atoms with Gasteiger partial charge in [-0.05, 0) is 129 Å². The van der Waals surface area contributed by atoms with E-state index >= 15 is 0 Å². The van der Waals surface area contributed by atoms with Crippen LogP contribution in [0, 0.1) is 20.8 Å². The topological polar surface area (TPSA) is 9.72 Å². The molecule has 3 heteroatoms. The lowest BCUT2D eigenvalue weighted by molar-refractivity contribution is 0.743. The van der Waals surface area contributed by atoms with Crippen LogP contribution in [-0.2, 0) is 0 Å². The van der Waals surface area contributed by atoms with E-state index in [4.69, 9.17) is 0 Å². The van der Waals surface area contributed by atoms with Crippen LogP contribution in [-0.4, -0.2) is 39.3 Å². The standard InChI is InChI=1S/C40H61N3/c1-10-22-41(23-11-2)34-16-19-37(31(7)28-34)40(38-20-17-35(29-32(38)8)42(24-12-3)25-13-4)39-21-18-36(30-33(39)9)43(26-14-5)27-15-6/h16-21,28-30,40H,10-15,22-27H2,1-9H3. The summed E-state index contributed by atoms with van der Waals surface area (Å²) in [6.45, 7) is 27.3. The number of anilines is 3. The van der Waals surface area contributed by atoms with Crippen molar-refractivity contribution in [2.24, 2.45) is 0 Å². The van der Waals surface area contributed by atoms with Crippen molar-refractivity contribution in [3.8, 4) is 0 Å². The van der Waals surface area contributed by atoms with Gasteiger partial charge in [0.05, 0.1) is 0 Å². The number of hydrogen-bond acceptors (Lipinski definition) is 3. The van der Waals surface area contributed by atoms with Crippen molar-refractivity contribution in [3.05, 3.63) is 88.0 Å². The van der Waals surface area contributed by atoms with Crippen molar-refractivity contribution >= 4 is 17.1 Å². The zero-order valence-electron chi connectivity index (χ0n) is 29.1. The van der Waals surface area contributed by atoms with Crippen LogP contribution in [0.25, 0.3) is 0 Å². The molecule has 0 atom stereocenters. The average Bonchev–Trinajstić information content (AvgIpc) is 2.99. The van der Waals surface area contributed by atoms with Crippen LogP contribution in [0.3, 0.4) is 0 Å². The van der Waals surface area contributed by atoms with Crippen molar-refractivity contribution in [1.29, 1.82) is 0 Å². The maximum atomic E-state index is 2.55. The second-order valence-electron chi connectivity index (χ2n) is 12.5. The Labute approximate surface area is 265 Å². The van der Waals surface area contributed by atoms with Crippen molar-refractivity contribution in [2.45, 2.75) is 107 Å². The SMILES string of the molecule is CCCN(CCC)c1ccc(C(c2ccc(N(CCC)CCC)cc2C)c2ccc(N(CCC)CCC)cc2C)c(C)c1. The molecule has 0 N–H and O–H groups in total. The fourth-order valence-electron chi connectivity index (χ4n) is 6.77. The van der Waals surface area contributed by atoms with Crippen LogP contribution in [0.1, 0.15) is 119 Å². The molecule has 0 aromatic heterocycles. The van der Waals surface area contributed by atoms with Gasteiger partial charge in [0.25, 0.3) is 0 Å². The fourth-order valence-corrected chi connectivity index (χ4v) is 6.77. The largest absolute Gasteiger partial charge is 0.372 e. The van der Waals surface area contributed by atoms with Crippen LogP contribution in [0.5, 0.6) is 0 Å². The first-order valence-corrected chi connectivity index (χ1v) is 17.4. The summed E-state index contributed by atoms with van der Waals surface area (Å²) in [6, 6.07) is 21.7. The van der Waals surface area contributed by atoms with Gasteiger partial charge in [0, 0.05) is 62.2 Å². The van der Waals surface area contributed by atoms with E-state index in [0.717, 1.165) is 39.3 Å². The van der Waals surface area contributed by atoms with Gasteiger partial charge in [-0.25, -0.2) is 0 Å². The Morgan fingerprint density at radius 1 is 0.395 bits per heavy atom. The Kier molecular flexibility index (Phi) is 14.0. The lowest BCUT2D eigenvalue weighted by atomic mass is 9.79. The van der Waals surface area contributed by atoms with Gasteiger partial charge in [-0.2, -0.15) is 0 Å². The second kappa shape index (κ2) is 17.4. The van der Waals surface area contributed by atoms with Crippen LogP contribution >= 0.6 is 0 Å². The number of aryl methyl sites for hydroxylation is 3. The monoisotopic (exact) mass is 583 g/mol. The first kappa shape index (κ1) is 34.5. The summed E-state index contributed by atoms with van der Waals surface area (Å²) in [4.78, 5) is 7.66. The van der Waals surface area contributed by atoms with Crippen LogP contribution in [0.15, 0.2) is 54.6 Å². The number of hydrogen-bond donors (Lipinski definition) is 0. The summed E-state index contributed by atoms with van der Waals surface area (Å²) < 4.78 is 0. The van der Waals surface area contributed by atoms with Gasteiger partial charge >= 0.3 is 0 Å². The predicted octanol–water partition coefficient (Wildman–Crippen LogP) is 10.7. The summed E-state index contributed by atoms with van der Waals surface area (Å²) in [7, 11) is 0. The highest BCUT2D eigenvalue weighted by Gasteiger charge is 2.24. The first-order chi connectivity index (χ1) is 20.8. The molecule has 0 fully saturated rings. The lowest BCUT2D eigenvalue weighted by Crippen LogP contribution is -2.25. The van der Waals surface area contributed by atoms with E-state index in [1.165, 1.54) is 89.0 Å². The van der Waals surface area contributed by atoms with E-state index in [0.29, 0.717) is 0 Å². The minimum Gasteiger partial charge on any atom is -0.372 e. The van der Waals surface area contributed by atoms with Gasteiger partial charge < -0.3 is 14.7 Å². The smallest absolute Gasteiger partial charge is 0.0369 e. The Morgan fingerprint density at radius 2 is 0.628 bits per heavy atom. The Hall–Kier alpha value is -2.94. The van der Waals surface area contributed by atoms with Crippen LogP contribution in [0.4, 0.5) is 17.1 Å². The Balaban J connectivity index is 2.17. The Bertz CT molecular complexity index is 1090. The van der Waals surface area contributed by atoms with Crippen molar-refractivity contribution < 1.29 is 0 Å². The minimum atomic E-state index is 0.194. The van der Waals surface area contributed by atoms with Gasteiger partial charge in [0.2, 0.25) is 0 Å². The van der Waals surface area contributed by atoms with Crippen molar-refractivity contribution in [2.75, 3.05) is 54.0 Å². The number of nitrogens with zero attached hydrogens (tertiary/aromatic N) is 3. The quantitative estimate of drug-likeness (QED) is 0.138. The molecule has 0 unspecified atom stereocenters. The summed E-state index contributed by atoms with van der Waals surface area (Å²) in [5.41, 5.74) is 12.5. The summed E-state index contributed by atoms with van der Waals surface area (Å²) in [5, 5.41) is 0. The van der Waals surface area contributed by atoms with Crippen molar-refractivity contribution in [3.63, 3.8) is 0 Å². The minimum absolute atomic E-state index is 0.194. The predicted molar refractivity (Wildman–Crippen MR) is 193 cm³/mol. The molecule has 3 aromatic carbocycles. The van der Waals surface area contributed by atoms with Gasteiger partial charge in [0.15, 0.2) is 0 Å². The van der Waals surface area contributed by atoms with Gasteiger partial charge in [0.1, 0.15) is 0 Å². The van der Waals surface area contributed by atoms with E-state index in [1.807, 2.05) is 0 Å². The molecule has 0 saturated heterocycles. The van der Waals surface area contributed by atoms with E-state index < -0.39 is 0 Å². The third-order valence-corrected chi connectivity index (χ3v) is 8.75. The lowest BCUT2D eigenvalue weighted by Gasteiger charge is -2.30. The molecule has 0 heterocycles. The maximum absolute atomic E-state index is 2.55. The molecular formula is C40H61N3. The molecule has 0 amide bonds. The van der Waals surface area contributed by atoms with E-state index in [9.17, 15) is 0 Å². The van der Waals surface area contributed by atoms with Crippen LogP contribution < -0.4 is 14.7 Å². The number of benzene rings is 3. The van der Waals surface area contributed by atoms with E-state index in [2.05, 4.69) is 132 Å². The molecular weight excluding hydrogens is 522 g/mol. The summed E-state index contributed by atoms with van der Waals surface area (Å²) in [6.07, 6.45) is 7.00. The summed E-state index contributed by atoms with van der Waals surface area (Å²) in [5.74, 6) is 0.194.